The predicted molar refractivity (Wildman–Crippen MR) is 121 cm³/mol. The lowest BCUT2D eigenvalue weighted by Gasteiger charge is -2.36. The lowest BCUT2D eigenvalue weighted by molar-refractivity contribution is 0.0644. The van der Waals surface area contributed by atoms with Gasteiger partial charge in [-0.25, -0.2) is 4.98 Å². The van der Waals surface area contributed by atoms with Crippen molar-refractivity contribution in [2.75, 3.05) is 46.4 Å². The van der Waals surface area contributed by atoms with Crippen molar-refractivity contribution in [2.45, 2.75) is 25.1 Å². The third kappa shape index (κ3) is 4.37. The Labute approximate surface area is 182 Å². The second-order valence-electron chi connectivity index (χ2n) is 8.48. The van der Waals surface area contributed by atoms with E-state index in [1.165, 1.54) is 0 Å². The number of fused-ring (bicyclic) bond motifs is 1. The molecule has 0 bridgehead atoms. The van der Waals surface area contributed by atoms with E-state index in [2.05, 4.69) is 27.5 Å². The van der Waals surface area contributed by atoms with Gasteiger partial charge in [0.2, 0.25) is 5.96 Å². The number of nitrogens with one attached hydrogen (secondary N) is 2. The van der Waals surface area contributed by atoms with Crippen molar-refractivity contribution in [2.24, 2.45) is 4.99 Å². The molecular weight excluding hydrogens is 392 g/mol. The van der Waals surface area contributed by atoms with Gasteiger partial charge in [0.25, 0.3) is 0 Å². The number of aliphatic imine (C=N–C) groups is 1. The zero-order valence-electron chi connectivity index (χ0n) is 17.9. The van der Waals surface area contributed by atoms with Crippen molar-refractivity contribution in [3.8, 4) is 0 Å². The molecule has 2 saturated heterocycles. The molecule has 2 aromatic rings. The molecule has 1 aromatic heterocycles. The number of hydrogen-bond donors (Lipinski definition) is 3. The summed E-state index contributed by atoms with van der Waals surface area (Å²) in [4.78, 5) is 14.2. The summed E-state index contributed by atoms with van der Waals surface area (Å²) in [6, 6.07) is 12.3. The van der Waals surface area contributed by atoms with Crippen LogP contribution in [0.25, 0.3) is 16.5 Å². The first-order valence-electron chi connectivity index (χ1n) is 11.1. The Kier molecular flexibility index (Phi) is 5.76. The number of ether oxygens (including phenoxy) is 1. The average molecular weight is 423 g/mol. The van der Waals surface area contributed by atoms with Crippen LogP contribution >= 0.6 is 0 Å². The molecule has 164 valence electrons. The van der Waals surface area contributed by atoms with Crippen LogP contribution in [-0.2, 0) is 4.74 Å². The summed E-state index contributed by atoms with van der Waals surface area (Å²) < 4.78 is 5.48. The van der Waals surface area contributed by atoms with E-state index in [0.717, 1.165) is 55.6 Å². The van der Waals surface area contributed by atoms with E-state index < -0.39 is 6.23 Å². The molecule has 0 amide bonds. The molecule has 2 atom stereocenters. The topological polar surface area (TPSA) is 85.2 Å². The van der Waals surface area contributed by atoms with Gasteiger partial charge in [0.05, 0.1) is 30.0 Å². The second kappa shape index (κ2) is 8.82. The van der Waals surface area contributed by atoms with Gasteiger partial charge in [-0.15, -0.1) is 0 Å². The summed E-state index contributed by atoms with van der Waals surface area (Å²) in [5.41, 5.74) is 2.32. The molecule has 2 fully saturated rings. The molecule has 8 heteroatoms. The van der Waals surface area contributed by atoms with Crippen LogP contribution in [0.5, 0.6) is 0 Å². The molecule has 8 nitrogen and oxygen atoms in total. The van der Waals surface area contributed by atoms with E-state index in [9.17, 15) is 5.11 Å². The number of guanidine groups is 1. The normalized spacial score (nSPS) is 25.4. The maximum absolute atomic E-state index is 11.1. The fraction of sp³-hybridized carbons (Fsp3) is 0.478. The maximum atomic E-state index is 11.1. The predicted octanol–water partition coefficient (Wildman–Crippen LogP) is 1.20. The largest absolute Gasteiger partial charge is 0.378 e. The van der Waals surface area contributed by atoms with Crippen LogP contribution in [0.3, 0.4) is 0 Å². The van der Waals surface area contributed by atoms with E-state index in [4.69, 9.17) is 14.7 Å². The highest BCUT2D eigenvalue weighted by molar-refractivity contribution is 5.89. The van der Waals surface area contributed by atoms with Crippen molar-refractivity contribution < 1.29 is 9.84 Å². The summed E-state index contributed by atoms with van der Waals surface area (Å²) in [7, 11) is 2.15. The standard InChI is InChI=1S/C23H30N6O2/c1-28-10-4-6-17(15-28)24-21-20(19-9-8-16-5-2-3-7-18(16)25-19)22(30)27-23(26-21)29-11-13-31-14-12-29/h2-3,5,7-9,17,22,24,30H,4,6,10-15H2,1H3,(H,26,27). The smallest absolute Gasteiger partial charge is 0.203 e. The lowest BCUT2D eigenvalue weighted by Crippen LogP contribution is -2.53. The molecule has 0 spiro atoms. The number of aliphatic hydroxyl groups is 1. The van der Waals surface area contributed by atoms with Crippen molar-refractivity contribution in [3.05, 3.63) is 47.9 Å². The molecule has 3 aliphatic heterocycles. The van der Waals surface area contributed by atoms with Crippen molar-refractivity contribution in [1.29, 1.82) is 0 Å². The molecule has 2 unspecified atom stereocenters. The van der Waals surface area contributed by atoms with Gasteiger partial charge in [0, 0.05) is 31.1 Å². The SMILES string of the molecule is CN1CCCC(NC2=C(c3ccc4ccccc4n3)C(O)NC(N3CCOCC3)=N2)C1. The lowest BCUT2D eigenvalue weighted by atomic mass is 10.0. The highest BCUT2D eigenvalue weighted by Gasteiger charge is 2.30. The van der Waals surface area contributed by atoms with Gasteiger partial charge in [0.1, 0.15) is 5.82 Å². The Morgan fingerprint density at radius 2 is 1.97 bits per heavy atom. The Morgan fingerprint density at radius 3 is 2.81 bits per heavy atom. The molecule has 31 heavy (non-hydrogen) atoms. The maximum Gasteiger partial charge on any atom is 0.203 e. The number of hydrogen-bond acceptors (Lipinski definition) is 8. The summed E-state index contributed by atoms with van der Waals surface area (Å²) in [6.07, 6.45) is 1.33. The Hall–Kier alpha value is -2.68. The fourth-order valence-electron chi connectivity index (χ4n) is 4.52. The first-order chi connectivity index (χ1) is 15.2. The van der Waals surface area contributed by atoms with Crippen molar-refractivity contribution >= 4 is 22.4 Å². The second-order valence-corrected chi connectivity index (χ2v) is 8.48. The first-order valence-corrected chi connectivity index (χ1v) is 11.1. The zero-order valence-corrected chi connectivity index (χ0v) is 17.9. The number of rotatable bonds is 3. The summed E-state index contributed by atoms with van der Waals surface area (Å²) >= 11 is 0. The number of likely N-dealkylation sites (N-methyl/N-ethyl adjacent to an activating group) is 1. The Bertz CT molecular complexity index is 1000. The van der Waals surface area contributed by atoms with E-state index >= 15 is 0 Å². The molecule has 4 heterocycles. The summed E-state index contributed by atoms with van der Waals surface area (Å²) in [6.45, 7) is 4.89. The number of morpholine rings is 1. The minimum Gasteiger partial charge on any atom is -0.378 e. The number of nitrogens with zero attached hydrogens (tertiary/aromatic N) is 4. The third-order valence-electron chi connectivity index (χ3n) is 6.16. The van der Waals surface area contributed by atoms with Crippen LogP contribution < -0.4 is 10.6 Å². The molecular formula is C23H30N6O2. The van der Waals surface area contributed by atoms with E-state index in [-0.39, 0.29) is 6.04 Å². The van der Waals surface area contributed by atoms with Gasteiger partial charge < -0.3 is 30.3 Å². The Balaban J connectivity index is 1.54. The molecule has 0 saturated carbocycles. The van der Waals surface area contributed by atoms with Gasteiger partial charge in [-0.1, -0.05) is 24.3 Å². The van der Waals surface area contributed by atoms with E-state index in [1.807, 2.05) is 36.4 Å². The first kappa shape index (κ1) is 20.2. The van der Waals surface area contributed by atoms with Gasteiger partial charge >= 0.3 is 0 Å². The number of benzene rings is 1. The van der Waals surface area contributed by atoms with Crippen LogP contribution in [0, 0.1) is 0 Å². The van der Waals surface area contributed by atoms with Gasteiger partial charge in [0.15, 0.2) is 6.23 Å². The number of aromatic nitrogens is 1. The van der Waals surface area contributed by atoms with Crippen LogP contribution in [-0.4, -0.2) is 84.6 Å². The van der Waals surface area contributed by atoms with Crippen LogP contribution in [0.15, 0.2) is 47.2 Å². The van der Waals surface area contributed by atoms with E-state index in [1.54, 1.807) is 0 Å². The molecule has 1 aromatic carbocycles. The third-order valence-corrected chi connectivity index (χ3v) is 6.16. The Morgan fingerprint density at radius 1 is 1.13 bits per heavy atom. The minimum absolute atomic E-state index is 0.282. The van der Waals surface area contributed by atoms with Gasteiger partial charge in [-0.05, 0) is 38.6 Å². The molecule has 3 aliphatic rings. The molecule has 0 radical (unpaired) electrons. The highest BCUT2D eigenvalue weighted by atomic mass is 16.5. The number of pyridine rings is 1. The van der Waals surface area contributed by atoms with Crippen LogP contribution in [0.2, 0.25) is 0 Å². The zero-order chi connectivity index (χ0) is 21.2. The summed E-state index contributed by atoms with van der Waals surface area (Å²) in [5.74, 6) is 1.39. The number of likely N-dealkylation sites (tertiary alicyclic amines) is 1. The van der Waals surface area contributed by atoms with Crippen molar-refractivity contribution in [1.82, 2.24) is 25.4 Å². The monoisotopic (exact) mass is 422 g/mol. The van der Waals surface area contributed by atoms with Crippen LogP contribution in [0.4, 0.5) is 0 Å². The number of piperidine rings is 1. The molecule has 5 rings (SSSR count). The van der Waals surface area contributed by atoms with Crippen LogP contribution in [0.1, 0.15) is 18.5 Å². The molecule has 3 N–H and O–H groups in total. The van der Waals surface area contributed by atoms with Crippen molar-refractivity contribution in [3.63, 3.8) is 0 Å². The molecule has 0 aliphatic carbocycles. The highest BCUT2D eigenvalue weighted by Crippen LogP contribution is 2.26. The average Bonchev–Trinajstić information content (AvgIpc) is 2.79. The number of aliphatic hydroxyl groups excluding tert-OH is 1. The van der Waals surface area contributed by atoms with Gasteiger partial charge in [-0.2, -0.15) is 4.99 Å². The van der Waals surface area contributed by atoms with Gasteiger partial charge in [-0.3, -0.25) is 0 Å². The number of para-hydroxylation sites is 1. The summed E-state index contributed by atoms with van der Waals surface area (Å²) in [5, 5.41) is 19.0. The fourth-order valence-corrected chi connectivity index (χ4v) is 4.52. The quantitative estimate of drug-likeness (QED) is 0.685. The minimum atomic E-state index is -0.896. The van der Waals surface area contributed by atoms with E-state index in [0.29, 0.717) is 30.6 Å².